The highest BCUT2D eigenvalue weighted by atomic mass is 32.1. The lowest BCUT2D eigenvalue weighted by molar-refractivity contribution is -0.139. The van der Waals surface area contributed by atoms with E-state index in [1.807, 2.05) is 6.92 Å². The maximum absolute atomic E-state index is 12.6. The third kappa shape index (κ3) is 4.20. The molecule has 0 aliphatic heterocycles. The highest BCUT2D eigenvalue weighted by Crippen LogP contribution is 2.32. The molecule has 2 atom stereocenters. The first-order valence-electron chi connectivity index (χ1n) is 9.56. The van der Waals surface area contributed by atoms with E-state index in [-0.39, 0.29) is 30.3 Å². The maximum atomic E-state index is 12.6. The van der Waals surface area contributed by atoms with Gasteiger partial charge < -0.3 is 21.1 Å². The highest BCUT2D eigenvalue weighted by molar-refractivity contribution is 7.14. The van der Waals surface area contributed by atoms with E-state index in [0.717, 1.165) is 4.88 Å². The van der Waals surface area contributed by atoms with Gasteiger partial charge >= 0.3 is 5.97 Å². The summed E-state index contributed by atoms with van der Waals surface area (Å²) in [5.74, 6) is -1.49. The van der Waals surface area contributed by atoms with Crippen molar-refractivity contribution in [2.45, 2.75) is 31.7 Å². The van der Waals surface area contributed by atoms with Crippen LogP contribution in [-0.2, 0) is 11.2 Å². The van der Waals surface area contributed by atoms with E-state index in [4.69, 9.17) is 5.73 Å². The number of carbonyl (C=O) groups excluding carboxylic acids is 1. The van der Waals surface area contributed by atoms with E-state index >= 15 is 0 Å². The van der Waals surface area contributed by atoms with Gasteiger partial charge in [0.05, 0.1) is 10.3 Å². The van der Waals surface area contributed by atoms with Crippen LogP contribution in [0.15, 0.2) is 23.1 Å². The van der Waals surface area contributed by atoms with Crippen molar-refractivity contribution < 1.29 is 14.7 Å². The molecule has 0 aromatic carbocycles. The van der Waals surface area contributed by atoms with Crippen LogP contribution in [0.2, 0.25) is 0 Å². The number of amides is 1. The van der Waals surface area contributed by atoms with E-state index < -0.39 is 17.9 Å². The van der Waals surface area contributed by atoms with Crippen LogP contribution in [0, 0.1) is 0 Å². The fourth-order valence-electron chi connectivity index (χ4n) is 3.33. The molecule has 0 saturated heterocycles. The van der Waals surface area contributed by atoms with E-state index in [2.05, 4.69) is 40.9 Å². The molecular formula is C18H19N9O4S. The molecule has 7 N–H and O–H groups in total. The van der Waals surface area contributed by atoms with Gasteiger partial charge in [0.25, 0.3) is 11.5 Å². The average molecular weight is 457 g/mol. The Hall–Kier alpha value is -4.07. The Labute approximate surface area is 183 Å². The number of nitrogens with zero attached hydrogens (tertiary/aromatic N) is 4. The molecule has 0 aliphatic carbocycles. The van der Waals surface area contributed by atoms with Gasteiger partial charge in [0.2, 0.25) is 5.95 Å². The Morgan fingerprint density at radius 1 is 1.34 bits per heavy atom. The van der Waals surface area contributed by atoms with Gasteiger partial charge in [-0.3, -0.25) is 14.6 Å². The van der Waals surface area contributed by atoms with Crippen molar-refractivity contribution in [3.05, 3.63) is 49.8 Å². The lowest BCUT2D eigenvalue weighted by Gasteiger charge is -2.13. The number of carboxylic acids is 1. The number of tetrazole rings is 1. The Bertz CT molecular complexity index is 1320. The zero-order chi connectivity index (χ0) is 22.8. The number of aromatic nitrogens is 7. The lowest BCUT2D eigenvalue weighted by Crippen LogP contribution is -2.40. The molecule has 0 aliphatic rings. The van der Waals surface area contributed by atoms with Crippen molar-refractivity contribution >= 4 is 40.2 Å². The van der Waals surface area contributed by atoms with Gasteiger partial charge in [0.15, 0.2) is 5.82 Å². The standard InChI is InChI=1S/C18H19N9O4S/c1-7(8-6-20-14-13(8)16(29)23-18(19)22-14)10-3-4-11(32-10)15(28)21-9(17(30)31)2-5-12-24-26-27-25-12/h3-4,6-7,9H,2,5H2,1H3,(H,21,28)(H,30,31)(H,24,25,26,27)(H4,19,20,22,23,29). The number of carboxylic acid groups (broad SMARTS) is 1. The fraction of sp³-hybridized carbons (Fsp3) is 0.278. The van der Waals surface area contributed by atoms with Crippen LogP contribution in [0.4, 0.5) is 5.95 Å². The van der Waals surface area contributed by atoms with Gasteiger partial charge in [0, 0.05) is 23.4 Å². The van der Waals surface area contributed by atoms with Crippen molar-refractivity contribution in [1.29, 1.82) is 0 Å². The summed E-state index contributed by atoms with van der Waals surface area (Å²) in [4.78, 5) is 47.2. The molecule has 0 spiro atoms. The van der Waals surface area contributed by atoms with Gasteiger partial charge in [0.1, 0.15) is 11.7 Å². The smallest absolute Gasteiger partial charge is 0.326 e. The van der Waals surface area contributed by atoms with Crippen LogP contribution < -0.4 is 16.6 Å². The largest absolute Gasteiger partial charge is 0.480 e. The van der Waals surface area contributed by atoms with E-state index in [1.54, 1.807) is 18.3 Å². The van der Waals surface area contributed by atoms with Gasteiger partial charge in [-0.25, -0.2) is 4.79 Å². The molecular weight excluding hydrogens is 438 g/mol. The fourth-order valence-corrected chi connectivity index (χ4v) is 4.31. The van der Waals surface area contributed by atoms with Crippen LogP contribution in [0.1, 0.15) is 45.2 Å². The second-order valence-electron chi connectivity index (χ2n) is 7.07. The van der Waals surface area contributed by atoms with Gasteiger partial charge in [-0.15, -0.1) is 21.5 Å². The Kier molecular flexibility index (Phi) is 5.68. The topological polar surface area (TPSA) is 208 Å². The van der Waals surface area contributed by atoms with Crippen molar-refractivity contribution in [2.75, 3.05) is 5.73 Å². The number of aliphatic carboxylic acids is 1. The second kappa shape index (κ2) is 8.58. The minimum Gasteiger partial charge on any atom is -0.480 e. The number of aromatic amines is 3. The number of hydrogen-bond donors (Lipinski definition) is 6. The summed E-state index contributed by atoms with van der Waals surface area (Å²) in [5, 5.41) is 25.6. The summed E-state index contributed by atoms with van der Waals surface area (Å²) in [6.07, 6.45) is 2.05. The molecule has 14 heteroatoms. The first-order valence-corrected chi connectivity index (χ1v) is 10.4. The predicted molar refractivity (Wildman–Crippen MR) is 114 cm³/mol. The normalized spacial score (nSPS) is 13.2. The number of H-pyrrole nitrogens is 3. The van der Waals surface area contributed by atoms with Gasteiger partial charge in [-0.05, 0) is 24.1 Å². The Balaban J connectivity index is 1.49. The third-order valence-electron chi connectivity index (χ3n) is 4.98. The number of fused-ring (bicyclic) bond motifs is 1. The zero-order valence-electron chi connectivity index (χ0n) is 16.7. The Morgan fingerprint density at radius 3 is 2.88 bits per heavy atom. The molecule has 4 aromatic rings. The molecule has 32 heavy (non-hydrogen) atoms. The van der Waals surface area contributed by atoms with Crippen LogP contribution >= 0.6 is 11.3 Å². The molecule has 4 rings (SSSR count). The number of thiophene rings is 1. The average Bonchev–Trinajstić information content (AvgIpc) is 3.50. The van der Waals surface area contributed by atoms with Crippen molar-refractivity contribution in [2.24, 2.45) is 0 Å². The SMILES string of the molecule is CC(c1ccc(C(=O)NC(CCc2nn[nH]n2)C(=O)O)s1)c1c[nH]c2nc(N)[nH]c(=O)c12. The molecule has 1 amide bonds. The van der Waals surface area contributed by atoms with E-state index in [0.29, 0.717) is 27.3 Å². The highest BCUT2D eigenvalue weighted by Gasteiger charge is 2.24. The number of nitrogens with two attached hydrogens (primary N) is 1. The zero-order valence-corrected chi connectivity index (χ0v) is 17.6. The van der Waals surface area contributed by atoms with Crippen LogP contribution in [0.3, 0.4) is 0 Å². The van der Waals surface area contributed by atoms with E-state index in [9.17, 15) is 19.5 Å². The number of carbonyl (C=O) groups is 2. The first-order chi connectivity index (χ1) is 15.3. The van der Waals surface area contributed by atoms with Crippen molar-refractivity contribution in [3.8, 4) is 0 Å². The van der Waals surface area contributed by atoms with Crippen LogP contribution in [-0.4, -0.2) is 58.6 Å². The first kappa shape index (κ1) is 21.2. The summed E-state index contributed by atoms with van der Waals surface area (Å²) >= 11 is 1.22. The molecule has 4 aromatic heterocycles. The van der Waals surface area contributed by atoms with Crippen molar-refractivity contribution in [1.82, 2.24) is 40.9 Å². The minimum atomic E-state index is -1.16. The summed E-state index contributed by atoms with van der Waals surface area (Å²) in [6, 6.07) is 2.30. The van der Waals surface area contributed by atoms with E-state index in [1.165, 1.54) is 11.3 Å². The van der Waals surface area contributed by atoms with Crippen LogP contribution in [0.5, 0.6) is 0 Å². The molecule has 4 heterocycles. The molecule has 13 nitrogen and oxygen atoms in total. The van der Waals surface area contributed by atoms with Gasteiger partial charge in [-0.2, -0.15) is 10.2 Å². The Morgan fingerprint density at radius 2 is 2.16 bits per heavy atom. The molecule has 0 fully saturated rings. The summed E-state index contributed by atoms with van der Waals surface area (Å²) < 4.78 is 0. The number of nitrogen functional groups attached to an aromatic ring is 1. The number of hydrogen-bond acceptors (Lipinski definition) is 9. The number of rotatable bonds is 8. The molecule has 0 radical (unpaired) electrons. The van der Waals surface area contributed by atoms with Crippen LogP contribution in [0.25, 0.3) is 11.0 Å². The molecule has 0 saturated carbocycles. The van der Waals surface area contributed by atoms with Crippen molar-refractivity contribution in [3.63, 3.8) is 0 Å². The lowest BCUT2D eigenvalue weighted by atomic mass is 10.0. The number of nitrogens with one attached hydrogen (secondary N) is 4. The molecule has 166 valence electrons. The maximum Gasteiger partial charge on any atom is 0.326 e. The number of anilines is 1. The molecule has 2 unspecified atom stereocenters. The monoisotopic (exact) mass is 457 g/mol. The second-order valence-corrected chi connectivity index (χ2v) is 8.19. The number of aryl methyl sites for hydroxylation is 1. The summed E-state index contributed by atoms with van der Waals surface area (Å²) in [7, 11) is 0. The van der Waals surface area contributed by atoms with Gasteiger partial charge in [-0.1, -0.05) is 12.1 Å². The quantitative estimate of drug-likeness (QED) is 0.216. The predicted octanol–water partition coefficient (Wildman–Crippen LogP) is 0.376. The molecule has 0 bridgehead atoms. The third-order valence-corrected chi connectivity index (χ3v) is 6.25. The summed E-state index contributed by atoms with van der Waals surface area (Å²) in [6.45, 7) is 1.90. The minimum absolute atomic E-state index is 0.0194. The summed E-state index contributed by atoms with van der Waals surface area (Å²) in [5.41, 5.74) is 6.33.